The van der Waals surface area contributed by atoms with E-state index in [1.165, 1.54) is 68.9 Å². The van der Waals surface area contributed by atoms with E-state index in [0.717, 1.165) is 24.2 Å². The third kappa shape index (κ3) is 12.1. The van der Waals surface area contributed by atoms with E-state index >= 15 is 0 Å². The van der Waals surface area contributed by atoms with Crippen LogP contribution in [0.3, 0.4) is 0 Å². The first-order valence-corrected chi connectivity index (χ1v) is 11.6. The third-order valence-corrected chi connectivity index (χ3v) is 6.07. The Labute approximate surface area is 170 Å². The largest absolute Gasteiger partial charge is 0.0812 e. The Hall–Kier alpha value is -1.04. The lowest BCUT2D eigenvalue weighted by molar-refractivity contribution is 0.389. The summed E-state index contributed by atoms with van der Waals surface area (Å²) in [5.74, 6) is 2.67. The predicted molar refractivity (Wildman–Crippen MR) is 123 cm³/mol. The van der Waals surface area contributed by atoms with Crippen molar-refractivity contribution in [2.75, 3.05) is 0 Å². The maximum absolute atomic E-state index is 2.45. The minimum absolute atomic E-state index is 0.867. The summed E-state index contributed by atoms with van der Waals surface area (Å²) in [6.07, 6.45) is 16.0. The van der Waals surface area contributed by atoms with Gasteiger partial charge in [0, 0.05) is 0 Å². The molecule has 0 amide bonds. The second-order valence-electron chi connectivity index (χ2n) is 9.54. The summed E-state index contributed by atoms with van der Waals surface area (Å²) in [6, 6.07) is 8.75. The maximum Gasteiger partial charge on any atom is -0.00922 e. The first-order chi connectivity index (χ1) is 12.9. The Morgan fingerprint density at radius 2 is 1.37 bits per heavy atom. The Morgan fingerprint density at radius 1 is 0.815 bits per heavy atom. The first kappa shape index (κ1) is 24.0. The van der Waals surface area contributed by atoms with Crippen molar-refractivity contribution in [1.29, 1.82) is 0 Å². The van der Waals surface area contributed by atoms with Crippen LogP contribution in [-0.2, 0) is 6.42 Å². The van der Waals surface area contributed by atoms with Crippen LogP contribution in [0.1, 0.15) is 104 Å². The average molecular weight is 371 g/mol. The number of rotatable bonds is 14. The smallest absolute Gasteiger partial charge is 0.00922 e. The number of hydrogen-bond acceptors (Lipinski definition) is 0. The van der Waals surface area contributed by atoms with Gasteiger partial charge >= 0.3 is 0 Å². The molecule has 0 aromatic heterocycles. The Kier molecular flexibility index (Phi) is 12.5. The van der Waals surface area contributed by atoms with Crippen molar-refractivity contribution < 1.29 is 0 Å². The van der Waals surface area contributed by atoms with Crippen molar-refractivity contribution in [3.05, 3.63) is 47.0 Å². The highest BCUT2D eigenvalue weighted by Crippen LogP contribution is 2.22. The summed E-state index contributed by atoms with van der Waals surface area (Å²) in [7, 11) is 0. The number of allylic oxidation sites excluding steroid dienone is 2. The molecule has 1 aromatic rings. The van der Waals surface area contributed by atoms with Crippen LogP contribution in [0.15, 0.2) is 35.9 Å². The van der Waals surface area contributed by atoms with E-state index < -0.39 is 0 Å². The Balaban J connectivity index is 2.11. The van der Waals surface area contributed by atoms with Gasteiger partial charge in [0.25, 0.3) is 0 Å². The molecule has 2 atom stereocenters. The first-order valence-electron chi connectivity index (χ1n) is 11.6. The van der Waals surface area contributed by atoms with Crippen molar-refractivity contribution in [2.24, 2.45) is 17.8 Å². The van der Waals surface area contributed by atoms with E-state index in [4.69, 9.17) is 0 Å². The van der Waals surface area contributed by atoms with Crippen molar-refractivity contribution in [1.82, 2.24) is 0 Å². The summed E-state index contributed by atoms with van der Waals surface area (Å²) >= 11 is 0. The molecule has 1 rings (SSSR count). The van der Waals surface area contributed by atoms with Gasteiger partial charge in [-0.2, -0.15) is 0 Å². The Bertz CT molecular complexity index is 523. The van der Waals surface area contributed by atoms with Gasteiger partial charge in [0.15, 0.2) is 0 Å². The van der Waals surface area contributed by atoms with Gasteiger partial charge in [-0.15, -0.1) is 0 Å². The normalized spacial score (nSPS) is 14.6. The minimum atomic E-state index is 0.867. The van der Waals surface area contributed by atoms with Crippen LogP contribution >= 0.6 is 0 Å². The van der Waals surface area contributed by atoms with E-state index in [0.29, 0.717) is 0 Å². The fourth-order valence-electron chi connectivity index (χ4n) is 3.93. The minimum Gasteiger partial charge on any atom is -0.0812 e. The maximum atomic E-state index is 2.45. The average Bonchev–Trinajstić information content (AvgIpc) is 2.60. The molecule has 0 heterocycles. The van der Waals surface area contributed by atoms with Gasteiger partial charge in [0.05, 0.1) is 0 Å². The SMILES string of the molecule is C/C(=C\Cc1ccccc1C)CCC[C@H](C)CCC[C@H](C)CCCC(C)C. The molecule has 0 unspecified atom stereocenters. The molecule has 0 radical (unpaired) electrons. The molecule has 0 fully saturated rings. The van der Waals surface area contributed by atoms with Crippen molar-refractivity contribution in [2.45, 2.75) is 106 Å². The summed E-state index contributed by atoms with van der Waals surface area (Å²) in [5.41, 5.74) is 4.44. The molecule has 0 bridgehead atoms. The summed E-state index contributed by atoms with van der Waals surface area (Å²) in [6.45, 7) is 14.1. The van der Waals surface area contributed by atoms with Crippen LogP contribution in [0, 0.1) is 24.7 Å². The van der Waals surface area contributed by atoms with E-state index in [1.54, 1.807) is 5.57 Å². The van der Waals surface area contributed by atoms with Gasteiger partial charge in [-0.25, -0.2) is 0 Å². The molecular formula is C27H46. The van der Waals surface area contributed by atoms with Crippen molar-refractivity contribution >= 4 is 0 Å². The molecule has 154 valence electrons. The number of hydrogen-bond donors (Lipinski definition) is 0. The van der Waals surface area contributed by atoms with Crippen molar-refractivity contribution in [3.8, 4) is 0 Å². The van der Waals surface area contributed by atoms with Crippen LogP contribution in [0.2, 0.25) is 0 Å². The van der Waals surface area contributed by atoms with Gasteiger partial charge in [0.1, 0.15) is 0 Å². The number of aryl methyl sites for hydroxylation is 1. The van der Waals surface area contributed by atoms with Crippen LogP contribution in [0.4, 0.5) is 0 Å². The van der Waals surface area contributed by atoms with E-state index in [9.17, 15) is 0 Å². The second-order valence-corrected chi connectivity index (χ2v) is 9.54. The van der Waals surface area contributed by atoms with Gasteiger partial charge in [-0.05, 0) is 62.0 Å². The van der Waals surface area contributed by atoms with Crippen molar-refractivity contribution in [3.63, 3.8) is 0 Å². The van der Waals surface area contributed by atoms with Gasteiger partial charge in [-0.1, -0.05) is 109 Å². The molecule has 0 aliphatic rings. The highest BCUT2D eigenvalue weighted by Gasteiger charge is 2.06. The van der Waals surface area contributed by atoms with E-state index in [-0.39, 0.29) is 0 Å². The van der Waals surface area contributed by atoms with Crippen LogP contribution in [0.25, 0.3) is 0 Å². The molecule has 0 N–H and O–H groups in total. The predicted octanol–water partition coefficient (Wildman–Crippen LogP) is 8.92. The highest BCUT2D eigenvalue weighted by molar-refractivity contribution is 5.27. The molecule has 0 saturated heterocycles. The zero-order valence-electron chi connectivity index (χ0n) is 19.2. The zero-order valence-corrected chi connectivity index (χ0v) is 19.2. The number of benzene rings is 1. The van der Waals surface area contributed by atoms with Crippen LogP contribution in [0.5, 0.6) is 0 Å². The molecule has 0 saturated carbocycles. The molecule has 27 heavy (non-hydrogen) atoms. The topological polar surface area (TPSA) is 0 Å². The lowest BCUT2D eigenvalue weighted by Gasteiger charge is -2.15. The van der Waals surface area contributed by atoms with Crippen LogP contribution in [-0.4, -0.2) is 0 Å². The van der Waals surface area contributed by atoms with Gasteiger partial charge < -0.3 is 0 Å². The molecular weight excluding hydrogens is 324 g/mol. The molecule has 0 spiro atoms. The van der Waals surface area contributed by atoms with Crippen LogP contribution < -0.4 is 0 Å². The highest BCUT2D eigenvalue weighted by atomic mass is 14.1. The monoisotopic (exact) mass is 370 g/mol. The molecule has 1 aromatic carbocycles. The zero-order chi connectivity index (χ0) is 20.1. The lowest BCUT2D eigenvalue weighted by atomic mass is 9.91. The van der Waals surface area contributed by atoms with Gasteiger partial charge in [-0.3, -0.25) is 0 Å². The summed E-state index contributed by atoms with van der Waals surface area (Å²) < 4.78 is 0. The van der Waals surface area contributed by atoms with E-state index in [1.807, 2.05) is 0 Å². The fraction of sp³-hybridized carbons (Fsp3) is 0.704. The molecule has 0 nitrogen and oxygen atoms in total. The van der Waals surface area contributed by atoms with E-state index in [2.05, 4.69) is 71.9 Å². The summed E-state index contributed by atoms with van der Waals surface area (Å²) in [4.78, 5) is 0. The second kappa shape index (κ2) is 14.0. The molecule has 0 heteroatoms. The molecule has 0 aliphatic carbocycles. The fourth-order valence-corrected chi connectivity index (χ4v) is 3.93. The summed E-state index contributed by atoms with van der Waals surface area (Å²) in [5, 5.41) is 0. The molecule has 0 aliphatic heterocycles. The van der Waals surface area contributed by atoms with Gasteiger partial charge in [0.2, 0.25) is 0 Å². The quantitative estimate of drug-likeness (QED) is 0.287. The Morgan fingerprint density at radius 3 is 1.96 bits per heavy atom. The lowest BCUT2D eigenvalue weighted by Crippen LogP contribution is -2.00. The third-order valence-electron chi connectivity index (χ3n) is 6.07. The standard InChI is InChI=1S/C27H46/c1-22(2)12-9-13-23(3)14-10-15-24(4)16-11-17-25(5)20-21-27-19-8-7-18-26(27)6/h7-8,18-20,22-24H,9-17,21H2,1-6H3/b25-20+/t23-,24-/m1/s1.